The minimum Gasteiger partial charge on any atom is -0.388 e. The molecule has 0 spiro atoms. The van der Waals surface area contributed by atoms with Gasteiger partial charge in [0.1, 0.15) is 6.10 Å². The molecule has 1 atom stereocenters. The van der Waals surface area contributed by atoms with Crippen molar-refractivity contribution in [3.8, 4) is 0 Å². The molecule has 0 saturated heterocycles. The lowest BCUT2D eigenvalue weighted by atomic mass is 10.1. The average Bonchev–Trinajstić information content (AvgIpc) is 2.03. The molecule has 0 aromatic carbocycles. The Morgan fingerprint density at radius 2 is 1.82 bits per heavy atom. The zero-order valence-corrected chi connectivity index (χ0v) is 7.54. The maximum absolute atomic E-state index is 9.39. The van der Waals surface area contributed by atoms with Crippen LogP contribution >= 0.6 is 0 Å². The van der Waals surface area contributed by atoms with Crippen LogP contribution in [0.2, 0.25) is 0 Å². The minimum atomic E-state index is -0.495. The van der Waals surface area contributed by atoms with E-state index in [2.05, 4.69) is 6.92 Å². The number of aliphatic hydroxyl groups is 1. The Balaban J connectivity index is 3.51. The Hall–Kier alpha value is -0.120. The average molecular weight is 162 g/mol. The molecule has 0 aliphatic carbocycles. The van der Waals surface area contributed by atoms with Crippen molar-refractivity contribution in [1.29, 1.82) is 0 Å². The highest BCUT2D eigenvalue weighted by atomic mass is 16.7. The number of ether oxygens (including phenoxy) is 2. The topological polar surface area (TPSA) is 38.7 Å². The van der Waals surface area contributed by atoms with E-state index in [4.69, 9.17) is 9.47 Å². The fourth-order valence-corrected chi connectivity index (χ4v) is 0.960. The van der Waals surface area contributed by atoms with E-state index >= 15 is 0 Å². The van der Waals surface area contributed by atoms with Crippen LogP contribution < -0.4 is 0 Å². The van der Waals surface area contributed by atoms with Gasteiger partial charge in [-0.3, -0.25) is 0 Å². The number of unbranched alkanes of at least 4 members (excludes halogenated alkanes) is 1. The first kappa shape index (κ1) is 10.9. The fourth-order valence-electron chi connectivity index (χ4n) is 0.960. The zero-order chi connectivity index (χ0) is 8.69. The molecule has 0 bridgehead atoms. The Kier molecular flexibility index (Phi) is 6.51. The first-order valence-corrected chi connectivity index (χ1v) is 3.99. The molecular formula is C8H18O3. The molecule has 1 N–H and O–H groups in total. The molecule has 0 aliphatic heterocycles. The first-order valence-electron chi connectivity index (χ1n) is 3.99. The molecule has 0 fully saturated rings. The fraction of sp³-hybridized carbons (Fsp3) is 1.00. The Morgan fingerprint density at radius 1 is 1.27 bits per heavy atom. The van der Waals surface area contributed by atoms with E-state index in [9.17, 15) is 5.11 Å². The van der Waals surface area contributed by atoms with Gasteiger partial charge in [0.25, 0.3) is 0 Å². The van der Waals surface area contributed by atoms with Gasteiger partial charge in [-0.2, -0.15) is 0 Å². The van der Waals surface area contributed by atoms with Gasteiger partial charge in [-0.05, 0) is 6.42 Å². The van der Waals surface area contributed by atoms with Gasteiger partial charge in [0.2, 0.25) is 0 Å². The number of hydrogen-bond donors (Lipinski definition) is 1. The highest BCUT2D eigenvalue weighted by Gasteiger charge is 2.16. The monoisotopic (exact) mass is 162 g/mol. The van der Waals surface area contributed by atoms with Crippen molar-refractivity contribution in [2.24, 2.45) is 0 Å². The van der Waals surface area contributed by atoms with Crippen molar-refractivity contribution in [2.75, 3.05) is 14.2 Å². The highest BCUT2D eigenvalue weighted by molar-refractivity contribution is 4.58. The summed E-state index contributed by atoms with van der Waals surface area (Å²) in [5.41, 5.74) is 0. The van der Waals surface area contributed by atoms with Gasteiger partial charge in [0.05, 0.1) is 0 Å². The predicted molar refractivity (Wildman–Crippen MR) is 43.3 cm³/mol. The van der Waals surface area contributed by atoms with Crippen LogP contribution in [0.3, 0.4) is 0 Å². The van der Waals surface area contributed by atoms with Crippen LogP contribution in [0.1, 0.15) is 26.2 Å². The normalized spacial score (nSPS) is 13.9. The van der Waals surface area contributed by atoms with Gasteiger partial charge in [-0.1, -0.05) is 19.8 Å². The van der Waals surface area contributed by atoms with Gasteiger partial charge < -0.3 is 14.6 Å². The van der Waals surface area contributed by atoms with Crippen LogP contribution in [-0.4, -0.2) is 31.7 Å². The second-order valence-electron chi connectivity index (χ2n) is 2.55. The summed E-state index contributed by atoms with van der Waals surface area (Å²) in [7, 11) is 3.06. The molecule has 3 heteroatoms. The van der Waals surface area contributed by atoms with Gasteiger partial charge in [0.15, 0.2) is 6.29 Å². The molecular weight excluding hydrogens is 144 g/mol. The second kappa shape index (κ2) is 6.58. The van der Waals surface area contributed by atoms with Gasteiger partial charge in [0, 0.05) is 14.2 Å². The standard InChI is InChI=1S/C8H18O3/c1-4-5-6-7(9)8(10-2)11-3/h7-9H,4-6H2,1-3H3/t7-/m0/s1. The zero-order valence-electron chi connectivity index (χ0n) is 7.54. The summed E-state index contributed by atoms with van der Waals surface area (Å²) in [5, 5.41) is 9.39. The molecule has 0 saturated carbocycles. The number of hydrogen-bond acceptors (Lipinski definition) is 3. The molecule has 11 heavy (non-hydrogen) atoms. The van der Waals surface area contributed by atoms with E-state index in [1.807, 2.05) is 0 Å². The molecule has 0 heterocycles. The molecule has 0 amide bonds. The molecule has 3 nitrogen and oxygen atoms in total. The van der Waals surface area contributed by atoms with Gasteiger partial charge >= 0.3 is 0 Å². The van der Waals surface area contributed by atoms with E-state index in [1.165, 1.54) is 14.2 Å². The molecule has 0 aliphatic rings. The smallest absolute Gasteiger partial charge is 0.182 e. The Bertz CT molecular complexity index is 81.4. The third kappa shape index (κ3) is 4.35. The third-order valence-electron chi connectivity index (χ3n) is 1.63. The Morgan fingerprint density at radius 3 is 2.18 bits per heavy atom. The predicted octanol–water partition coefficient (Wildman–Crippen LogP) is 1.16. The van der Waals surface area contributed by atoms with E-state index in [1.54, 1.807) is 0 Å². The SMILES string of the molecule is CCCC[C@H](O)C(OC)OC. The van der Waals surface area contributed by atoms with Gasteiger partial charge in [-0.15, -0.1) is 0 Å². The summed E-state index contributed by atoms with van der Waals surface area (Å²) in [5.74, 6) is 0. The maximum Gasteiger partial charge on any atom is 0.182 e. The lowest BCUT2D eigenvalue weighted by Gasteiger charge is -2.19. The van der Waals surface area contributed by atoms with Crippen LogP contribution in [0, 0.1) is 0 Å². The number of methoxy groups -OCH3 is 2. The second-order valence-corrected chi connectivity index (χ2v) is 2.55. The lowest BCUT2D eigenvalue weighted by molar-refractivity contribution is -0.165. The minimum absolute atomic E-state index is 0.471. The summed E-state index contributed by atoms with van der Waals surface area (Å²) in [6, 6.07) is 0. The maximum atomic E-state index is 9.39. The van der Waals surface area contributed by atoms with Gasteiger partial charge in [-0.25, -0.2) is 0 Å². The van der Waals surface area contributed by atoms with Crippen LogP contribution in [0.5, 0.6) is 0 Å². The van der Waals surface area contributed by atoms with E-state index in [0.29, 0.717) is 0 Å². The molecule has 0 radical (unpaired) electrons. The number of aliphatic hydroxyl groups excluding tert-OH is 1. The molecule has 0 aromatic rings. The quantitative estimate of drug-likeness (QED) is 0.595. The van der Waals surface area contributed by atoms with Crippen molar-refractivity contribution >= 4 is 0 Å². The summed E-state index contributed by atoms with van der Waals surface area (Å²) in [6.07, 6.45) is 1.86. The largest absolute Gasteiger partial charge is 0.388 e. The van der Waals surface area contributed by atoms with Crippen molar-refractivity contribution in [3.05, 3.63) is 0 Å². The lowest BCUT2D eigenvalue weighted by Crippen LogP contribution is -2.29. The van der Waals surface area contributed by atoms with Crippen molar-refractivity contribution in [2.45, 2.75) is 38.6 Å². The third-order valence-corrected chi connectivity index (χ3v) is 1.63. The summed E-state index contributed by atoms with van der Waals surface area (Å²) >= 11 is 0. The summed E-state index contributed by atoms with van der Waals surface area (Å²) in [6.45, 7) is 2.08. The Labute approximate surface area is 68.3 Å². The van der Waals surface area contributed by atoms with E-state index in [-0.39, 0.29) is 0 Å². The van der Waals surface area contributed by atoms with Crippen LogP contribution in [0.4, 0.5) is 0 Å². The van der Waals surface area contributed by atoms with Crippen LogP contribution in [-0.2, 0) is 9.47 Å². The van der Waals surface area contributed by atoms with Crippen molar-refractivity contribution < 1.29 is 14.6 Å². The molecule has 0 unspecified atom stereocenters. The van der Waals surface area contributed by atoms with E-state index < -0.39 is 12.4 Å². The summed E-state index contributed by atoms with van der Waals surface area (Å²) < 4.78 is 9.77. The first-order chi connectivity index (χ1) is 5.26. The molecule has 0 rings (SSSR count). The van der Waals surface area contributed by atoms with Crippen molar-refractivity contribution in [3.63, 3.8) is 0 Å². The van der Waals surface area contributed by atoms with E-state index in [0.717, 1.165) is 19.3 Å². The van der Waals surface area contributed by atoms with Crippen molar-refractivity contribution in [1.82, 2.24) is 0 Å². The molecule has 0 aromatic heterocycles. The van der Waals surface area contributed by atoms with Crippen LogP contribution in [0.15, 0.2) is 0 Å². The molecule has 68 valence electrons. The number of rotatable bonds is 6. The summed E-state index contributed by atoms with van der Waals surface area (Å²) in [4.78, 5) is 0. The highest BCUT2D eigenvalue weighted by Crippen LogP contribution is 2.07. The van der Waals surface area contributed by atoms with Crippen LogP contribution in [0.25, 0.3) is 0 Å².